The van der Waals surface area contributed by atoms with Gasteiger partial charge < -0.3 is 16.0 Å². The van der Waals surface area contributed by atoms with E-state index in [2.05, 4.69) is 41.6 Å². The zero-order valence-electron chi connectivity index (χ0n) is 18.9. The van der Waals surface area contributed by atoms with E-state index in [-0.39, 0.29) is 17.1 Å². The summed E-state index contributed by atoms with van der Waals surface area (Å²) < 4.78 is 13.6. The summed E-state index contributed by atoms with van der Waals surface area (Å²) in [6.45, 7) is 12.6. The van der Waals surface area contributed by atoms with Crippen molar-refractivity contribution in [3.8, 4) is 0 Å². The van der Waals surface area contributed by atoms with Crippen molar-refractivity contribution in [1.29, 1.82) is 0 Å². The summed E-state index contributed by atoms with van der Waals surface area (Å²) >= 11 is 0. The number of hydrogen-bond donors (Lipinski definition) is 3. The first-order valence-electron chi connectivity index (χ1n) is 11.1. The van der Waals surface area contributed by atoms with Crippen molar-refractivity contribution in [2.24, 2.45) is 4.99 Å². The van der Waals surface area contributed by atoms with E-state index in [0.29, 0.717) is 19.1 Å². The fraction of sp³-hybridized carbons (Fsp3) is 0.652. The average Bonchev–Trinajstić information content (AvgIpc) is 2.72. The van der Waals surface area contributed by atoms with Gasteiger partial charge in [0, 0.05) is 37.6 Å². The number of carbonyl (C=O) groups excluding carboxylic acids is 1. The van der Waals surface area contributed by atoms with Gasteiger partial charge in [0.25, 0.3) is 0 Å². The topological polar surface area (TPSA) is 68.8 Å². The third kappa shape index (κ3) is 7.94. The minimum atomic E-state index is -0.264. The van der Waals surface area contributed by atoms with Crippen molar-refractivity contribution < 1.29 is 9.18 Å². The molecule has 30 heavy (non-hydrogen) atoms. The lowest BCUT2D eigenvalue weighted by Crippen LogP contribution is -2.50. The third-order valence-electron chi connectivity index (χ3n) is 5.45. The van der Waals surface area contributed by atoms with Crippen molar-refractivity contribution in [2.75, 3.05) is 39.3 Å². The molecule has 2 rings (SSSR count). The van der Waals surface area contributed by atoms with Crippen LogP contribution in [0.4, 0.5) is 4.39 Å². The summed E-state index contributed by atoms with van der Waals surface area (Å²) in [6.07, 6.45) is 2.90. The first kappa shape index (κ1) is 24.1. The molecule has 1 aliphatic heterocycles. The second-order valence-corrected chi connectivity index (χ2v) is 8.63. The van der Waals surface area contributed by atoms with E-state index in [1.807, 2.05) is 13.0 Å². The fourth-order valence-electron chi connectivity index (χ4n) is 3.55. The zero-order valence-corrected chi connectivity index (χ0v) is 18.9. The van der Waals surface area contributed by atoms with E-state index in [1.54, 1.807) is 12.1 Å². The van der Waals surface area contributed by atoms with Crippen LogP contribution in [0.2, 0.25) is 0 Å². The lowest BCUT2D eigenvalue weighted by atomic mass is 9.85. The number of guanidine groups is 1. The van der Waals surface area contributed by atoms with Crippen molar-refractivity contribution in [1.82, 2.24) is 20.9 Å². The van der Waals surface area contributed by atoms with Crippen molar-refractivity contribution in [3.63, 3.8) is 0 Å². The molecule has 1 saturated heterocycles. The van der Waals surface area contributed by atoms with Crippen molar-refractivity contribution >= 4 is 11.9 Å². The van der Waals surface area contributed by atoms with Crippen LogP contribution >= 0.6 is 0 Å². The Kier molecular flexibility index (Phi) is 9.56. The van der Waals surface area contributed by atoms with Crippen LogP contribution in [0.15, 0.2) is 29.3 Å². The number of amides is 1. The Labute approximate surface area is 180 Å². The Morgan fingerprint density at radius 1 is 1.23 bits per heavy atom. The number of halogens is 1. The summed E-state index contributed by atoms with van der Waals surface area (Å²) in [6, 6.07) is 7.08. The van der Waals surface area contributed by atoms with Gasteiger partial charge in [-0.05, 0) is 43.9 Å². The minimum Gasteiger partial charge on any atom is -0.357 e. The second kappa shape index (κ2) is 11.9. The molecule has 3 N–H and O–H groups in total. The Balaban J connectivity index is 1.87. The van der Waals surface area contributed by atoms with E-state index in [1.165, 1.54) is 6.07 Å². The standard InChI is InChI=1S/C23H38FN5O/c1-5-12-26-21(30)16-29-13-10-20(11-14-29)28-22(25-6-2)27-17-23(3,4)18-8-7-9-19(24)15-18/h7-9,15,20H,5-6,10-14,16-17H2,1-4H3,(H,26,30)(H2,25,27,28). The van der Waals surface area contributed by atoms with E-state index in [4.69, 9.17) is 4.99 Å². The molecule has 0 saturated carbocycles. The van der Waals surface area contributed by atoms with Crippen LogP contribution in [0.25, 0.3) is 0 Å². The molecule has 0 bridgehead atoms. The summed E-state index contributed by atoms with van der Waals surface area (Å²) in [5, 5.41) is 9.80. The number of nitrogens with zero attached hydrogens (tertiary/aromatic N) is 2. The van der Waals surface area contributed by atoms with Crippen LogP contribution < -0.4 is 16.0 Å². The number of nitrogens with one attached hydrogen (secondary N) is 3. The van der Waals surface area contributed by atoms with Crippen LogP contribution in [0, 0.1) is 5.82 Å². The highest BCUT2D eigenvalue weighted by Crippen LogP contribution is 2.24. The Morgan fingerprint density at radius 2 is 1.97 bits per heavy atom. The summed E-state index contributed by atoms with van der Waals surface area (Å²) in [5.74, 6) is 0.684. The number of likely N-dealkylation sites (tertiary alicyclic amines) is 1. The quantitative estimate of drug-likeness (QED) is 0.425. The number of piperidine rings is 1. The van der Waals surface area contributed by atoms with E-state index >= 15 is 0 Å². The van der Waals surface area contributed by atoms with Gasteiger partial charge in [0.05, 0.1) is 13.1 Å². The molecule has 1 aromatic carbocycles. The van der Waals surface area contributed by atoms with E-state index in [0.717, 1.165) is 57.0 Å². The molecule has 1 aromatic rings. The molecule has 0 aliphatic carbocycles. The first-order valence-corrected chi connectivity index (χ1v) is 11.1. The number of rotatable bonds is 9. The van der Waals surface area contributed by atoms with E-state index in [9.17, 15) is 9.18 Å². The number of benzene rings is 1. The molecule has 1 fully saturated rings. The lowest BCUT2D eigenvalue weighted by Gasteiger charge is -2.33. The first-order chi connectivity index (χ1) is 14.3. The average molecular weight is 420 g/mol. The summed E-state index contributed by atoms with van der Waals surface area (Å²) in [7, 11) is 0. The molecule has 0 unspecified atom stereocenters. The number of hydrogen-bond acceptors (Lipinski definition) is 3. The lowest BCUT2D eigenvalue weighted by molar-refractivity contribution is -0.122. The van der Waals surface area contributed by atoms with Gasteiger partial charge in [-0.3, -0.25) is 14.7 Å². The third-order valence-corrected chi connectivity index (χ3v) is 5.45. The van der Waals surface area contributed by atoms with Crippen molar-refractivity contribution in [3.05, 3.63) is 35.6 Å². The molecule has 6 nitrogen and oxygen atoms in total. The van der Waals surface area contributed by atoms with Gasteiger partial charge in [0.1, 0.15) is 5.82 Å². The van der Waals surface area contributed by atoms with Crippen molar-refractivity contribution in [2.45, 2.75) is 58.4 Å². The molecule has 1 aliphatic rings. The minimum absolute atomic E-state index is 0.109. The van der Waals surface area contributed by atoms with Crippen LogP contribution in [0.1, 0.15) is 52.5 Å². The highest BCUT2D eigenvalue weighted by molar-refractivity contribution is 5.80. The van der Waals surface area contributed by atoms with Gasteiger partial charge >= 0.3 is 0 Å². The molecule has 168 valence electrons. The van der Waals surface area contributed by atoms with Gasteiger partial charge in [0.15, 0.2) is 5.96 Å². The van der Waals surface area contributed by atoms with Gasteiger partial charge in [-0.1, -0.05) is 32.9 Å². The molecule has 0 radical (unpaired) electrons. The summed E-state index contributed by atoms with van der Waals surface area (Å²) in [5.41, 5.74) is 0.677. The highest BCUT2D eigenvalue weighted by Gasteiger charge is 2.23. The predicted molar refractivity (Wildman–Crippen MR) is 121 cm³/mol. The molecule has 0 spiro atoms. The largest absolute Gasteiger partial charge is 0.357 e. The molecule has 0 aromatic heterocycles. The normalized spacial score (nSPS) is 16.4. The maximum Gasteiger partial charge on any atom is 0.234 e. The second-order valence-electron chi connectivity index (χ2n) is 8.63. The van der Waals surface area contributed by atoms with Crippen LogP contribution in [0.3, 0.4) is 0 Å². The van der Waals surface area contributed by atoms with Crippen LogP contribution in [0.5, 0.6) is 0 Å². The monoisotopic (exact) mass is 419 g/mol. The zero-order chi connectivity index (χ0) is 22.0. The number of aliphatic imine (C=N–C) groups is 1. The summed E-state index contributed by atoms with van der Waals surface area (Å²) in [4.78, 5) is 18.9. The Morgan fingerprint density at radius 3 is 2.60 bits per heavy atom. The Hall–Kier alpha value is -2.15. The molecule has 7 heteroatoms. The SMILES string of the molecule is CCCNC(=O)CN1CCC(NC(=NCC(C)(C)c2cccc(F)c2)NCC)CC1. The van der Waals surface area contributed by atoms with E-state index < -0.39 is 0 Å². The predicted octanol–water partition coefficient (Wildman–Crippen LogP) is 2.65. The molecule has 1 amide bonds. The molecule has 0 atom stereocenters. The molecular weight excluding hydrogens is 381 g/mol. The maximum absolute atomic E-state index is 13.6. The smallest absolute Gasteiger partial charge is 0.234 e. The molecule has 1 heterocycles. The van der Waals surface area contributed by atoms with Gasteiger partial charge in [-0.15, -0.1) is 0 Å². The van der Waals surface area contributed by atoms with Crippen LogP contribution in [-0.4, -0.2) is 62.1 Å². The highest BCUT2D eigenvalue weighted by atomic mass is 19.1. The Bertz CT molecular complexity index is 699. The van der Waals surface area contributed by atoms with Crippen LogP contribution in [-0.2, 0) is 10.2 Å². The number of carbonyl (C=O) groups is 1. The van der Waals surface area contributed by atoms with Gasteiger partial charge in [-0.25, -0.2) is 4.39 Å². The molecular formula is C23H38FN5O. The maximum atomic E-state index is 13.6. The fourth-order valence-corrected chi connectivity index (χ4v) is 3.55. The van der Waals surface area contributed by atoms with Gasteiger partial charge in [0.2, 0.25) is 5.91 Å². The van der Waals surface area contributed by atoms with Gasteiger partial charge in [-0.2, -0.15) is 0 Å².